The summed E-state index contributed by atoms with van der Waals surface area (Å²) in [7, 11) is 0. The third-order valence-corrected chi connectivity index (χ3v) is 4.55. The minimum absolute atomic E-state index is 0.0604. The van der Waals surface area contributed by atoms with Crippen molar-refractivity contribution in [1.82, 2.24) is 5.32 Å². The minimum atomic E-state index is -0.782. The molecule has 4 nitrogen and oxygen atoms in total. The molecule has 2 atom stereocenters. The van der Waals surface area contributed by atoms with E-state index in [1.54, 1.807) is 11.8 Å². The van der Waals surface area contributed by atoms with Crippen molar-refractivity contribution in [3.8, 4) is 5.75 Å². The lowest BCUT2D eigenvalue weighted by atomic mass is 10.2. The first-order chi connectivity index (χ1) is 9.70. The number of carboxylic acids is 1. The van der Waals surface area contributed by atoms with Crippen molar-refractivity contribution in [1.29, 1.82) is 0 Å². The van der Waals surface area contributed by atoms with Gasteiger partial charge in [0.25, 0.3) is 0 Å². The zero-order valence-electron chi connectivity index (χ0n) is 11.7. The van der Waals surface area contributed by atoms with Gasteiger partial charge in [0, 0.05) is 5.75 Å². The van der Waals surface area contributed by atoms with Crippen molar-refractivity contribution in [2.24, 2.45) is 0 Å². The minimum Gasteiger partial charge on any atom is -0.494 e. The SMILES string of the molecule is CCCCCOc1ccc(C2NC(C(=O)O)CS2)cc1. The van der Waals surface area contributed by atoms with Crippen LogP contribution in [0.1, 0.15) is 37.1 Å². The van der Waals surface area contributed by atoms with E-state index in [1.807, 2.05) is 24.3 Å². The maximum absolute atomic E-state index is 10.9. The van der Waals surface area contributed by atoms with Crippen LogP contribution in [-0.2, 0) is 4.79 Å². The Morgan fingerprint density at radius 1 is 1.40 bits per heavy atom. The fraction of sp³-hybridized carbons (Fsp3) is 0.533. The Balaban J connectivity index is 1.84. The number of ether oxygens (including phenoxy) is 1. The van der Waals surface area contributed by atoms with E-state index in [0.717, 1.165) is 24.3 Å². The van der Waals surface area contributed by atoms with E-state index in [-0.39, 0.29) is 5.37 Å². The van der Waals surface area contributed by atoms with Gasteiger partial charge in [-0.2, -0.15) is 0 Å². The zero-order valence-corrected chi connectivity index (χ0v) is 12.5. The summed E-state index contributed by atoms with van der Waals surface area (Å²) in [4.78, 5) is 10.9. The molecule has 110 valence electrons. The van der Waals surface area contributed by atoms with Gasteiger partial charge in [0.05, 0.1) is 12.0 Å². The predicted molar refractivity (Wildman–Crippen MR) is 81.2 cm³/mol. The van der Waals surface area contributed by atoms with E-state index in [0.29, 0.717) is 5.75 Å². The summed E-state index contributed by atoms with van der Waals surface area (Å²) in [5, 5.41) is 12.1. The molecule has 20 heavy (non-hydrogen) atoms. The summed E-state index contributed by atoms with van der Waals surface area (Å²) in [5.41, 5.74) is 1.10. The van der Waals surface area contributed by atoms with Gasteiger partial charge in [-0.15, -0.1) is 11.8 Å². The number of hydrogen-bond donors (Lipinski definition) is 2. The topological polar surface area (TPSA) is 58.6 Å². The van der Waals surface area contributed by atoms with E-state index >= 15 is 0 Å². The highest BCUT2D eigenvalue weighted by atomic mass is 32.2. The molecule has 1 aliphatic rings. The fourth-order valence-electron chi connectivity index (χ4n) is 2.09. The molecule has 1 aliphatic heterocycles. The quantitative estimate of drug-likeness (QED) is 0.757. The van der Waals surface area contributed by atoms with Crippen molar-refractivity contribution >= 4 is 17.7 Å². The van der Waals surface area contributed by atoms with E-state index in [1.165, 1.54) is 12.8 Å². The van der Waals surface area contributed by atoms with Gasteiger partial charge >= 0.3 is 5.97 Å². The second-order valence-corrected chi connectivity index (χ2v) is 6.03. The average molecular weight is 295 g/mol. The van der Waals surface area contributed by atoms with Crippen LogP contribution in [0.3, 0.4) is 0 Å². The highest BCUT2D eigenvalue weighted by molar-refractivity contribution is 7.99. The average Bonchev–Trinajstić information content (AvgIpc) is 2.94. The van der Waals surface area contributed by atoms with Gasteiger partial charge in [0.1, 0.15) is 11.8 Å². The highest BCUT2D eigenvalue weighted by Crippen LogP contribution is 2.33. The lowest BCUT2D eigenvalue weighted by molar-refractivity contribution is -0.138. The Morgan fingerprint density at radius 2 is 2.15 bits per heavy atom. The van der Waals surface area contributed by atoms with Crippen LogP contribution >= 0.6 is 11.8 Å². The number of benzene rings is 1. The van der Waals surface area contributed by atoms with Crippen LogP contribution in [-0.4, -0.2) is 29.5 Å². The second-order valence-electron chi connectivity index (χ2n) is 4.90. The molecule has 0 bridgehead atoms. The third kappa shape index (κ3) is 4.15. The van der Waals surface area contributed by atoms with E-state index < -0.39 is 12.0 Å². The first-order valence-corrected chi connectivity index (χ1v) is 8.09. The summed E-state index contributed by atoms with van der Waals surface area (Å²) < 4.78 is 5.66. The van der Waals surface area contributed by atoms with Gasteiger partial charge in [-0.05, 0) is 24.1 Å². The second kappa shape index (κ2) is 7.55. The molecular formula is C15H21NO3S. The molecule has 1 heterocycles. The van der Waals surface area contributed by atoms with Crippen molar-refractivity contribution in [3.63, 3.8) is 0 Å². The van der Waals surface area contributed by atoms with Gasteiger partial charge in [0.15, 0.2) is 0 Å². The van der Waals surface area contributed by atoms with Crippen LogP contribution in [0, 0.1) is 0 Å². The summed E-state index contributed by atoms with van der Waals surface area (Å²) in [5.74, 6) is 0.702. The molecule has 0 saturated carbocycles. The maximum Gasteiger partial charge on any atom is 0.321 e. The monoisotopic (exact) mass is 295 g/mol. The van der Waals surface area contributed by atoms with Gasteiger partial charge in [0.2, 0.25) is 0 Å². The molecule has 0 aromatic heterocycles. The van der Waals surface area contributed by atoms with Gasteiger partial charge in [-0.1, -0.05) is 31.9 Å². The summed E-state index contributed by atoms with van der Waals surface area (Å²) in [6, 6.07) is 7.47. The molecule has 0 radical (unpaired) electrons. The number of hydrogen-bond acceptors (Lipinski definition) is 4. The van der Waals surface area contributed by atoms with Crippen LogP contribution in [0.4, 0.5) is 0 Å². The molecule has 1 saturated heterocycles. The maximum atomic E-state index is 10.9. The first-order valence-electron chi connectivity index (χ1n) is 7.04. The molecule has 2 rings (SSSR count). The highest BCUT2D eigenvalue weighted by Gasteiger charge is 2.30. The van der Waals surface area contributed by atoms with Crippen LogP contribution < -0.4 is 10.1 Å². The Hall–Kier alpha value is -1.20. The fourth-order valence-corrected chi connectivity index (χ4v) is 3.32. The lowest BCUT2D eigenvalue weighted by Crippen LogP contribution is -2.33. The van der Waals surface area contributed by atoms with Crippen LogP contribution in [0.5, 0.6) is 5.75 Å². The molecule has 1 fully saturated rings. The Bertz CT molecular complexity index is 435. The van der Waals surface area contributed by atoms with Gasteiger partial charge in [-0.25, -0.2) is 0 Å². The van der Waals surface area contributed by atoms with Crippen LogP contribution in [0.25, 0.3) is 0 Å². The van der Waals surface area contributed by atoms with Crippen molar-refractivity contribution in [3.05, 3.63) is 29.8 Å². The van der Waals surface area contributed by atoms with Crippen LogP contribution in [0.15, 0.2) is 24.3 Å². The van der Waals surface area contributed by atoms with E-state index in [4.69, 9.17) is 9.84 Å². The third-order valence-electron chi connectivity index (χ3n) is 3.28. The Kier molecular flexibility index (Phi) is 5.73. The number of carboxylic acid groups (broad SMARTS) is 1. The molecule has 0 spiro atoms. The summed E-state index contributed by atoms with van der Waals surface area (Å²) >= 11 is 1.63. The van der Waals surface area contributed by atoms with Crippen molar-refractivity contribution in [2.75, 3.05) is 12.4 Å². The molecule has 1 aromatic carbocycles. The first kappa shape index (κ1) is 15.2. The van der Waals surface area contributed by atoms with E-state index in [9.17, 15) is 4.79 Å². The molecule has 0 aliphatic carbocycles. The number of nitrogens with one attached hydrogen (secondary N) is 1. The van der Waals surface area contributed by atoms with E-state index in [2.05, 4.69) is 12.2 Å². The number of carbonyl (C=O) groups is 1. The predicted octanol–water partition coefficient (Wildman–Crippen LogP) is 3.04. The standard InChI is InChI=1S/C15H21NO3S/c1-2-3-4-9-19-12-7-5-11(6-8-12)14-16-13(10-20-14)15(17)18/h5-8,13-14,16H,2-4,9-10H2,1H3,(H,17,18). The Morgan fingerprint density at radius 3 is 2.75 bits per heavy atom. The normalized spacial score (nSPS) is 21.9. The molecule has 2 N–H and O–H groups in total. The molecule has 0 amide bonds. The molecule has 5 heteroatoms. The largest absolute Gasteiger partial charge is 0.494 e. The van der Waals surface area contributed by atoms with Crippen molar-refractivity contribution < 1.29 is 14.6 Å². The van der Waals surface area contributed by atoms with Gasteiger partial charge < -0.3 is 9.84 Å². The lowest BCUT2D eigenvalue weighted by Gasteiger charge is -2.12. The number of aliphatic carboxylic acids is 1. The van der Waals surface area contributed by atoms with Gasteiger partial charge in [-0.3, -0.25) is 10.1 Å². The smallest absolute Gasteiger partial charge is 0.321 e. The number of rotatable bonds is 7. The Labute approximate surface area is 123 Å². The van der Waals surface area contributed by atoms with Crippen LogP contribution in [0.2, 0.25) is 0 Å². The molecule has 2 unspecified atom stereocenters. The number of thioether (sulfide) groups is 1. The molecule has 1 aromatic rings. The van der Waals surface area contributed by atoms with Crippen molar-refractivity contribution in [2.45, 2.75) is 37.6 Å². The number of unbranched alkanes of at least 4 members (excludes halogenated alkanes) is 2. The molecular weight excluding hydrogens is 274 g/mol. The zero-order chi connectivity index (χ0) is 14.4. The summed E-state index contributed by atoms with van der Waals surface area (Å²) in [6.45, 7) is 2.93. The summed E-state index contributed by atoms with van der Waals surface area (Å²) in [6.07, 6.45) is 3.47.